The smallest absolute Gasteiger partial charge is 0.252 e. The van der Waals surface area contributed by atoms with Crippen molar-refractivity contribution in [2.75, 3.05) is 31.1 Å². The van der Waals surface area contributed by atoms with Gasteiger partial charge >= 0.3 is 0 Å². The average Bonchev–Trinajstić information content (AvgIpc) is 3.05. The lowest BCUT2D eigenvalue weighted by Gasteiger charge is -2.36. The van der Waals surface area contributed by atoms with Crippen LogP contribution in [0.1, 0.15) is 37.0 Å². The van der Waals surface area contributed by atoms with Gasteiger partial charge in [0.1, 0.15) is 5.82 Å². The molecule has 3 rings (SSSR count). The molecule has 2 saturated heterocycles. The maximum absolute atomic E-state index is 12.2. The lowest BCUT2D eigenvalue weighted by atomic mass is 10.2. The number of pyridine rings is 1. The minimum Gasteiger partial charge on any atom is -0.376 e. The minimum absolute atomic E-state index is 0.0942. The maximum atomic E-state index is 12.2. The third-order valence-corrected chi connectivity index (χ3v) is 4.27. The van der Waals surface area contributed by atoms with E-state index in [0.29, 0.717) is 12.1 Å². The number of morpholine rings is 1. The molecule has 0 bridgehead atoms. The molecular formula is C17H25N3O3. The van der Waals surface area contributed by atoms with Crippen LogP contribution in [0.5, 0.6) is 0 Å². The molecule has 0 aliphatic carbocycles. The van der Waals surface area contributed by atoms with Crippen LogP contribution >= 0.6 is 0 Å². The van der Waals surface area contributed by atoms with Crippen LogP contribution in [0.15, 0.2) is 18.3 Å². The fraction of sp³-hybridized carbons (Fsp3) is 0.647. The van der Waals surface area contributed by atoms with Gasteiger partial charge in [0.05, 0.1) is 23.9 Å². The van der Waals surface area contributed by atoms with Gasteiger partial charge in [-0.3, -0.25) is 4.79 Å². The molecule has 6 heteroatoms. The number of carbonyl (C=O) groups is 1. The SMILES string of the molecule is CC1CN(c2ccc(C(=O)NCC3CCCO3)cn2)CC(C)O1. The molecule has 3 heterocycles. The number of nitrogens with zero attached hydrogens (tertiary/aromatic N) is 2. The van der Waals surface area contributed by atoms with Gasteiger partial charge < -0.3 is 19.7 Å². The summed E-state index contributed by atoms with van der Waals surface area (Å²) in [5.41, 5.74) is 0.584. The Kier molecular flexibility index (Phi) is 5.13. The highest BCUT2D eigenvalue weighted by atomic mass is 16.5. The Balaban J connectivity index is 1.56. The van der Waals surface area contributed by atoms with Gasteiger partial charge in [-0.1, -0.05) is 0 Å². The van der Waals surface area contributed by atoms with E-state index in [-0.39, 0.29) is 24.2 Å². The second-order valence-corrected chi connectivity index (χ2v) is 6.41. The van der Waals surface area contributed by atoms with E-state index in [4.69, 9.17) is 9.47 Å². The highest BCUT2D eigenvalue weighted by Gasteiger charge is 2.23. The van der Waals surface area contributed by atoms with Gasteiger partial charge in [0.2, 0.25) is 0 Å². The average molecular weight is 319 g/mol. The van der Waals surface area contributed by atoms with Gasteiger partial charge in [-0.05, 0) is 38.8 Å². The van der Waals surface area contributed by atoms with Crippen molar-refractivity contribution in [2.24, 2.45) is 0 Å². The number of anilines is 1. The highest BCUT2D eigenvalue weighted by molar-refractivity contribution is 5.94. The summed E-state index contributed by atoms with van der Waals surface area (Å²) in [7, 11) is 0. The highest BCUT2D eigenvalue weighted by Crippen LogP contribution is 2.18. The van der Waals surface area contributed by atoms with E-state index in [9.17, 15) is 4.79 Å². The van der Waals surface area contributed by atoms with E-state index in [1.807, 2.05) is 12.1 Å². The van der Waals surface area contributed by atoms with Crippen LogP contribution in [0.4, 0.5) is 5.82 Å². The Bertz CT molecular complexity index is 518. The predicted octanol–water partition coefficient (Wildman–Crippen LogP) is 1.60. The number of aromatic nitrogens is 1. The van der Waals surface area contributed by atoms with Gasteiger partial charge in [-0.15, -0.1) is 0 Å². The molecule has 1 aromatic heterocycles. The number of hydrogen-bond donors (Lipinski definition) is 1. The van der Waals surface area contributed by atoms with Crippen LogP contribution < -0.4 is 10.2 Å². The molecule has 1 amide bonds. The summed E-state index contributed by atoms with van der Waals surface area (Å²) in [6.07, 6.45) is 4.27. The summed E-state index contributed by atoms with van der Waals surface area (Å²) in [6, 6.07) is 3.74. The van der Waals surface area contributed by atoms with E-state index in [1.165, 1.54) is 0 Å². The topological polar surface area (TPSA) is 63.7 Å². The number of ether oxygens (including phenoxy) is 2. The molecule has 126 valence electrons. The van der Waals surface area contributed by atoms with E-state index in [0.717, 1.165) is 38.4 Å². The van der Waals surface area contributed by atoms with Crippen LogP contribution in [0.3, 0.4) is 0 Å². The molecule has 1 N–H and O–H groups in total. The Morgan fingerprint density at radius 1 is 1.35 bits per heavy atom. The molecule has 0 saturated carbocycles. The van der Waals surface area contributed by atoms with Crippen molar-refractivity contribution in [3.8, 4) is 0 Å². The van der Waals surface area contributed by atoms with Crippen LogP contribution in [-0.4, -0.2) is 55.4 Å². The predicted molar refractivity (Wildman–Crippen MR) is 87.8 cm³/mol. The van der Waals surface area contributed by atoms with Crippen LogP contribution in [0.25, 0.3) is 0 Å². The number of rotatable bonds is 4. The summed E-state index contributed by atoms with van der Waals surface area (Å²) < 4.78 is 11.2. The van der Waals surface area contributed by atoms with Gasteiger partial charge in [-0.25, -0.2) is 4.98 Å². The molecule has 23 heavy (non-hydrogen) atoms. The number of amides is 1. The zero-order chi connectivity index (χ0) is 16.2. The van der Waals surface area contributed by atoms with E-state index in [2.05, 4.69) is 29.0 Å². The molecule has 3 atom stereocenters. The molecule has 3 unspecified atom stereocenters. The standard InChI is InChI=1S/C17H25N3O3/c1-12-10-20(11-13(2)23-12)16-6-5-14(8-18-16)17(21)19-9-15-4-3-7-22-15/h5-6,8,12-13,15H,3-4,7,9-11H2,1-2H3,(H,19,21). The summed E-state index contributed by atoms with van der Waals surface area (Å²) in [5, 5.41) is 2.92. The Hall–Kier alpha value is -1.66. The zero-order valence-electron chi connectivity index (χ0n) is 13.8. The number of nitrogens with one attached hydrogen (secondary N) is 1. The van der Waals surface area contributed by atoms with Gasteiger partial charge in [0.25, 0.3) is 5.91 Å². The minimum atomic E-state index is -0.0942. The summed E-state index contributed by atoms with van der Waals surface area (Å²) in [6.45, 7) is 7.14. The van der Waals surface area contributed by atoms with Gasteiger partial charge in [0, 0.05) is 32.4 Å². The molecular weight excluding hydrogens is 294 g/mol. The molecule has 6 nitrogen and oxygen atoms in total. The molecule has 0 spiro atoms. The first-order valence-corrected chi connectivity index (χ1v) is 8.38. The van der Waals surface area contributed by atoms with Crippen molar-refractivity contribution < 1.29 is 14.3 Å². The molecule has 2 fully saturated rings. The second-order valence-electron chi connectivity index (χ2n) is 6.41. The van der Waals surface area contributed by atoms with Gasteiger partial charge in [0.15, 0.2) is 0 Å². The second kappa shape index (κ2) is 7.27. The normalized spacial score (nSPS) is 27.9. The largest absolute Gasteiger partial charge is 0.376 e. The lowest BCUT2D eigenvalue weighted by Crippen LogP contribution is -2.45. The molecule has 2 aliphatic heterocycles. The maximum Gasteiger partial charge on any atom is 0.252 e. The van der Waals surface area contributed by atoms with Gasteiger partial charge in [-0.2, -0.15) is 0 Å². The zero-order valence-corrected chi connectivity index (χ0v) is 13.8. The van der Waals surface area contributed by atoms with Crippen molar-refractivity contribution in [1.82, 2.24) is 10.3 Å². The van der Waals surface area contributed by atoms with Crippen molar-refractivity contribution in [3.05, 3.63) is 23.9 Å². The Morgan fingerprint density at radius 3 is 2.74 bits per heavy atom. The quantitative estimate of drug-likeness (QED) is 0.913. The third-order valence-electron chi connectivity index (χ3n) is 4.27. The van der Waals surface area contributed by atoms with Crippen molar-refractivity contribution in [3.63, 3.8) is 0 Å². The summed E-state index contributed by atoms with van der Waals surface area (Å²) in [4.78, 5) is 18.8. The Morgan fingerprint density at radius 2 is 2.13 bits per heavy atom. The first kappa shape index (κ1) is 16.2. The van der Waals surface area contributed by atoms with Crippen molar-refractivity contribution in [1.29, 1.82) is 0 Å². The van der Waals surface area contributed by atoms with Crippen molar-refractivity contribution in [2.45, 2.75) is 45.0 Å². The Labute approximate surface area is 137 Å². The first-order chi connectivity index (χ1) is 11.1. The summed E-state index contributed by atoms with van der Waals surface area (Å²) >= 11 is 0. The fourth-order valence-corrected chi connectivity index (χ4v) is 3.19. The molecule has 1 aromatic rings. The molecule has 0 radical (unpaired) electrons. The van der Waals surface area contributed by atoms with E-state index in [1.54, 1.807) is 6.20 Å². The number of carbonyl (C=O) groups excluding carboxylic acids is 1. The molecule has 2 aliphatic rings. The van der Waals surface area contributed by atoms with Crippen molar-refractivity contribution >= 4 is 11.7 Å². The van der Waals surface area contributed by atoms with E-state index >= 15 is 0 Å². The lowest BCUT2D eigenvalue weighted by molar-refractivity contribution is -0.00546. The first-order valence-electron chi connectivity index (χ1n) is 8.38. The summed E-state index contributed by atoms with van der Waals surface area (Å²) in [5.74, 6) is 0.797. The molecule has 0 aromatic carbocycles. The monoisotopic (exact) mass is 319 g/mol. The van der Waals surface area contributed by atoms with Crippen LogP contribution in [0.2, 0.25) is 0 Å². The third kappa shape index (κ3) is 4.20. The fourth-order valence-electron chi connectivity index (χ4n) is 3.19. The van der Waals surface area contributed by atoms with E-state index < -0.39 is 0 Å². The van der Waals surface area contributed by atoms with Crippen LogP contribution in [-0.2, 0) is 9.47 Å². The number of hydrogen-bond acceptors (Lipinski definition) is 5. The van der Waals surface area contributed by atoms with Crippen LogP contribution in [0, 0.1) is 0 Å².